The summed E-state index contributed by atoms with van der Waals surface area (Å²) in [5.41, 5.74) is 3.01. The van der Waals surface area contributed by atoms with Gasteiger partial charge in [0.05, 0.1) is 11.9 Å². The fourth-order valence-electron chi connectivity index (χ4n) is 3.13. The molecule has 0 bridgehead atoms. The van der Waals surface area contributed by atoms with E-state index >= 15 is 0 Å². The molecule has 27 heavy (non-hydrogen) atoms. The van der Waals surface area contributed by atoms with Crippen molar-refractivity contribution in [1.82, 2.24) is 24.7 Å². The lowest BCUT2D eigenvalue weighted by Gasteiger charge is -2.04. The largest absolute Gasteiger partial charge is 0.242 e. The molecule has 0 unspecified atom stereocenters. The molecule has 0 fully saturated rings. The number of halogens is 1. The molecule has 0 aliphatic carbocycles. The molecule has 3 heterocycles. The lowest BCUT2D eigenvalue weighted by Crippen LogP contribution is -2.05. The average molecular weight is 361 g/mol. The number of rotatable bonds is 5. The van der Waals surface area contributed by atoms with Crippen LogP contribution in [0.4, 0.5) is 4.39 Å². The summed E-state index contributed by atoms with van der Waals surface area (Å²) in [5.74, 6) is 0.838. The smallest absolute Gasteiger partial charge is 0.180 e. The summed E-state index contributed by atoms with van der Waals surface area (Å²) in [6, 6.07) is 10.5. The highest BCUT2D eigenvalue weighted by Crippen LogP contribution is 2.25. The number of pyridine rings is 1. The molecule has 0 N–H and O–H groups in total. The quantitative estimate of drug-likeness (QED) is 0.532. The number of fused-ring (bicyclic) bond motifs is 1. The van der Waals surface area contributed by atoms with Gasteiger partial charge in [-0.2, -0.15) is 5.10 Å². The fourth-order valence-corrected chi connectivity index (χ4v) is 3.13. The molecule has 5 nitrogen and oxygen atoms in total. The second-order valence-electron chi connectivity index (χ2n) is 6.99. The van der Waals surface area contributed by atoms with Gasteiger partial charge in [-0.25, -0.2) is 24.0 Å². The van der Waals surface area contributed by atoms with Crippen LogP contribution >= 0.6 is 0 Å². The Kier molecular flexibility index (Phi) is 4.62. The van der Waals surface area contributed by atoms with E-state index < -0.39 is 0 Å². The van der Waals surface area contributed by atoms with E-state index in [0.717, 1.165) is 17.4 Å². The third-order valence-electron chi connectivity index (χ3n) is 4.35. The number of hydrogen-bond acceptors (Lipinski definition) is 4. The van der Waals surface area contributed by atoms with E-state index in [1.54, 1.807) is 23.0 Å². The van der Waals surface area contributed by atoms with Gasteiger partial charge in [-0.3, -0.25) is 0 Å². The van der Waals surface area contributed by atoms with Gasteiger partial charge in [0.25, 0.3) is 0 Å². The monoisotopic (exact) mass is 361 g/mol. The van der Waals surface area contributed by atoms with E-state index in [2.05, 4.69) is 33.9 Å². The van der Waals surface area contributed by atoms with E-state index in [-0.39, 0.29) is 5.82 Å². The lowest BCUT2D eigenvalue weighted by atomic mass is 10.1. The lowest BCUT2D eigenvalue weighted by molar-refractivity contribution is 0.589. The minimum absolute atomic E-state index is 0.257. The van der Waals surface area contributed by atoms with Crippen LogP contribution in [0.1, 0.15) is 25.0 Å². The van der Waals surface area contributed by atoms with Crippen LogP contribution in [0.25, 0.3) is 22.6 Å². The van der Waals surface area contributed by atoms with Crippen LogP contribution in [0.3, 0.4) is 0 Å². The van der Waals surface area contributed by atoms with Gasteiger partial charge in [-0.1, -0.05) is 32.0 Å². The van der Waals surface area contributed by atoms with Crippen LogP contribution < -0.4 is 0 Å². The van der Waals surface area contributed by atoms with Gasteiger partial charge in [0.15, 0.2) is 11.5 Å². The summed E-state index contributed by atoms with van der Waals surface area (Å²) in [5, 5.41) is 5.50. The Morgan fingerprint density at radius 1 is 1.00 bits per heavy atom. The molecule has 0 spiro atoms. The van der Waals surface area contributed by atoms with Crippen LogP contribution in [-0.4, -0.2) is 24.7 Å². The van der Waals surface area contributed by atoms with Crippen molar-refractivity contribution in [3.05, 3.63) is 71.9 Å². The summed E-state index contributed by atoms with van der Waals surface area (Å²) in [6.07, 6.45) is 6.34. The minimum atomic E-state index is -0.257. The van der Waals surface area contributed by atoms with Crippen molar-refractivity contribution < 1.29 is 4.39 Å². The zero-order chi connectivity index (χ0) is 18.8. The highest BCUT2D eigenvalue weighted by Gasteiger charge is 2.16. The van der Waals surface area contributed by atoms with Gasteiger partial charge in [0, 0.05) is 24.2 Å². The van der Waals surface area contributed by atoms with Crippen molar-refractivity contribution in [2.24, 2.45) is 5.92 Å². The minimum Gasteiger partial charge on any atom is -0.242 e. The molecule has 0 saturated carbocycles. The highest BCUT2D eigenvalue weighted by molar-refractivity contribution is 5.89. The SMILES string of the molecule is CC(C)Cc1cnc(-c2nn(Cc3ccccc3F)c3ncccc23)nc1. The normalized spacial score (nSPS) is 11.4. The zero-order valence-electron chi connectivity index (χ0n) is 15.3. The molecule has 4 aromatic rings. The Bertz CT molecular complexity index is 1070. The second-order valence-corrected chi connectivity index (χ2v) is 6.99. The highest BCUT2D eigenvalue weighted by atomic mass is 19.1. The van der Waals surface area contributed by atoms with E-state index in [1.807, 2.05) is 30.6 Å². The third kappa shape index (κ3) is 3.56. The molecule has 0 radical (unpaired) electrons. The second kappa shape index (κ2) is 7.23. The Labute approximate surface area is 156 Å². The first kappa shape index (κ1) is 17.3. The van der Waals surface area contributed by atoms with Crippen molar-refractivity contribution in [3.63, 3.8) is 0 Å². The number of aromatic nitrogens is 5. The van der Waals surface area contributed by atoms with Gasteiger partial charge in [-0.15, -0.1) is 0 Å². The Morgan fingerprint density at radius 2 is 1.78 bits per heavy atom. The maximum Gasteiger partial charge on any atom is 0.180 e. The first-order chi connectivity index (χ1) is 13.1. The first-order valence-corrected chi connectivity index (χ1v) is 8.98. The molecule has 0 amide bonds. The van der Waals surface area contributed by atoms with E-state index in [9.17, 15) is 4.39 Å². The fraction of sp³-hybridized carbons (Fsp3) is 0.238. The zero-order valence-corrected chi connectivity index (χ0v) is 15.3. The number of nitrogens with zero attached hydrogens (tertiary/aromatic N) is 5. The molecule has 0 saturated heterocycles. The van der Waals surface area contributed by atoms with E-state index in [4.69, 9.17) is 0 Å². The average Bonchev–Trinajstić information content (AvgIpc) is 3.03. The van der Waals surface area contributed by atoms with Gasteiger partial charge >= 0.3 is 0 Å². The van der Waals surface area contributed by atoms with Crippen LogP contribution in [0.2, 0.25) is 0 Å². The predicted molar refractivity (Wildman–Crippen MR) is 103 cm³/mol. The van der Waals surface area contributed by atoms with Crippen molar-refractivity contribution in [2.45, 2.75) is 26.8 Å². The predicted octanol–water partition coefficient (Wildman–Crippen LogP) is 4.27. The Balaban J connectivity index is 1.75. The van der Waals surface area contributed by atoms with Crippen molar-refractivity contribution in [1.29, 1.82) is 0 Å². The molecule has 3 aromatic heterocycles. The van der Waals surface area contributed by atoms with Gasteiger partial charge in [0.2, 0.25) is 0 Å². The summed E-state index contributed by atoms with van der Waals surface area (Å²) in [4.78, 5) is 13.4. The Morgan fingerprint density at radius 3 is 2.52 bits per heavy atom. The maximum absolute atomic E-state index is 14.1. The summed E-state index contributed by atoms with van der Waals surface area (Å²) < 4.78 is 15.8. The molecule has 0 atom stereocenters. The number of benzene rings is 1. The molecule has 136 valence electrons. The standard InChI is InChI=1S/C21H20FN5/c1-14(2)10-15-11-24-20(25-12-15)19-17-7-5-9-23-21(17)27(26-19)13-16-6-3-4-8-18(16)22/h3-9,11-12,14H,10,13H2,1-2H3. The molecule has 6 heteroatoms. The van der Waals surface area contributed by atoms with E-state index in [0.29, 0.717) is 35.2 Å². The van der Waals surface area contributed by atoms with Gasteiger partial charge < -0.3 is 0 Å². The molecule has 4 rings (SSSR count). The van der Waals surface area contributed by atoms with Crippen molar-refractivity contribution in [3.8, 4) is 11.5 Å². The van der Waals surface area contributed by atoms with Crippen LogP contribution in [0.15, 0.2) is 55.0 Å². The van der Waals surface area contributed by atoms with Gasteiger partial charge in [0.1, 0.15) is 11.5 Å². The first-order valence-electron chi connectivity index (χ1n) is 8.98. The van der Waals surface area contributed by atoms with Crippen molar-refractivity contribution >= 4 is 11.0 Å². The Hall–Kier alpha value is -3.15. The van der Waals surface area contributed by atoms with Crippen LogP contribution in [0, 0.1) is 11.7 Å². The van der Waals surface area contributed by atoms with Gasteiger partial charge in [-0.05, 0) is 36.1 Å². The van der Waals surface area contributed by atoms with E-state index in [1.165, 1.54) is 6.07 Å². The molecular formula is C21H20FN5. The maximum atomic E-state index is 14.1. The molecular weight excluding hydrogens is 341 g/mol. The molecule has 0 aliphatic rings. The topological polar surface area (TPSA) is 56.5 Å². The number of hydrogen-bond donors (Lipinski definition) is 0. The molecule has 0 aliphatic heterocycles. The van der Waals surface area contributed by atoms with Crippen molar-refractivity contribution in [2.75, 3.05) is 0 Å². The third-order valence-corrected chi connectivity index (χ3v) is 4.35. The summed E-state index contributed by atoms with van der Waals surface area (Å²) >= 11 is 0. The van der Waals surface area contributed by atoms with Crippen LogP contribution in [-0.2, 0) is 13.0 Å². The summed E-state index contributed by atoms with van der Waals surface area (Å²) in [6.45, 7) is 4.63. The molecule has 1 aromatic carbocycles. The van der Waals surface area contributed by atoms with Crippen LogP contribution in [0.5, 0.6) is 0 Å². The summed E-state index contributed by atoms with van der Waals surface area (Å²) in [7, 11) is 0.